The molecule has 4 nitrogen and oxygen atoms in total. The van der Waals surface area contributed by atoms with Crippen LogP contribution in [0.5, 0.6) is 0 Å². The second-order valence-corrected chi connectivity index (χ2v) is 8.70. The maximum Gasteiger partial charge on any atom is 0.320 e. The van der Waals surface area contributed by atoms with E-state index in [1.807, 2.05) is 67.6 Å². The van der Waals surface area contributed by atoms with Crippen molar-refractivity contribution >= 4 is 11.9 Å². The molecular formula is C27H32O4. The smallest absolute Gasteiger partial charge is 0.320 e. The fraction of sp³-hybridized carbons (Fsp3) is 0.407. The van der Waals surface area contributed by atoms with Gasteiger partial charge in [-0.2, -0.15) is 0 Å². The van der Waals surface area contributed by atoms with Gasteiger partial charge in [0.15, 0.2) is 5.92 Å². The van der Waals surface area contributed by atoms with Gasteiger partial charge in [0.05, 0.1) is 0 Å². The summed E-state index contributed by atoms with van der Waals surface area (Å²) in [6.07, 6.45) is 2.78. The highest BCUT2D eigenvalue weighted by molar-refractivity contribution is 5.95. The molecule has 0 aromatic heterocycles. The molecule has 0 saturated heterocycles. The highest BCUT2D eigenvalue weighted by Crippen LogP contribution is 2.42. The van der Waals surface area contributed by atoms with Crippen LogP contribution in [0.2, 0.25) is 0 Å². The van der Waals surface area contributed by atoms with Crippen molar-refractivity contribution in [2.45, 2.75) is 46.3 Å². The third kappa shape index (κ3) is 6.30. The van der Waals surface area contributed by atoms with Crippen LogP contribution in [0, 0.1) is 23.7 Å². The van der Waals surface area contributed by atoms with E-state index < -0.39 is 17.9 Å². The zero-order chi connectivity index (χ0) is 22.2. The van der Waals surface area contributed by atoms with E-state index in [1.165, 1.54) is 0 Å². The average molecular weight is 421 g/mol. The molecule has 1 fully saturated rings. The summed E-state index contributed by atoms with van der Waals surface area (Å²) in [6.45, 7) is 8.57. The molecule has 0 aliphatic heterocycles. The third-order valence-electron chi connectivity index (χ3n) is 6.18. The first kappa shape index (κ1) is 22.8. The van der Waals surface area contributed by atoms with Crippen LogP contribution < -0.4 is 0 Å². The van der Waals surface area contributed by atoms with Gasteiger partial charge in [0, 0.05) is 0 Å². The first-order chi connectivity index (χ1) is 15.0. The fourth-order valence-corrected chi connectivity index (χ4v) is 4.49. The Labute approximate surface area is 185 Å². The van der Waals surface area contributed by atoms with Gasteiger partial charge in [-0.1, -0.05) is 86.2 Å². The van der Waals surface area contributed by atoms with E-state index in [2.05, 4.69) is 13.5 Å². The molecule has 0 bridgehead atoms. The quantitative estimate of drug-likeness (QED) is 0.311. The summed E-state index contributed by atoms with van der Waals surface area (Å²) in [5, 5.41) is 0. The van der Waals surface area contributed by atoms with Gasteiger partial charge < -0.3 is 9.47 Å². The Morgan fingerprint density at radius 3 is 1.84 bits per heavy atom. The largest absolute Gasteiger partial charge is 0.460 e. The maximum absolute atomic E-state index is 13.2. The predicted octanol–water partition coefficient (Wildman–Crippen LogP) is 5.72. The molecule has 0 unspecified atom stereocenters. The zero-order valence-corrected chi connectivity index (χ0v) is 18.5. The van der Waals surface area contributed by atoms with Crippen molar-refractivity contribution in [3.63, 3.8) is 0 Å². The van der Waals surface area contributed by atoms with Gasteiger partial charge in [-0.15, -0.1) is 0 Å². The Morgan fingerprint density at radius 2 is 1.39 bits per heavy atom. The zero-order valence-electron chi connectivity index (χ0n) is 18.5. The topological polar surface area (TPSA) is 52.6 Å². The molecule has 0 radical (unpaired) electrons. The number of hydrogen-bond donors (Lipinski definition) is 0. The minimum Gasteiger partial charge on any atom is -0.460 e. The third-order valence-corrected chi connectivity index (χ3v) is 6.18. The van der Waals surface area contributed by atoms with Crippen LogP contribution in [0.3, 0.4) is 0 Å². The van der Waals surface area contributed by atoms with Crippen LogP contribution in [0.25, 0.3) is 0 Å². The Kier molecular flexibility index (Phi) is 8.05. The molecule has 0 N–H and O–H groups in total. The van der Waals surface area contributed by atoms with Crippen molar-refractivity contribution < 1.29 is 19.1 Å². The van der Waals surface area contributed by atoms with E-state index in [1.54, 1.807) is 0 Å². The lowest BCUT2D eigenvalue weighted by Gasteiger charge is -2.38. The molecule has 0 spiro atoms. The predicted molar refractivity (Wildman–Crippen MR) is 121 cm³/mol. The van der Waals surface area contributed by atoms with E-state index in [4.69, 9.17) is 9.47 Å². The Hall–Kier alpha value is -2.88. The van der Waals surface area contributed by atoms with Crippen LogP contribution in [0.1, 0.15) is 44.2 Å². The van der Waals surface area contributed by atoms with Crippen LogP contribution in [0.4, 0.5) is 0 Å². The number of carbonyl (C=O) groups excluding carboxylic acids is 2. The molecule has 3 rings (SSSR count). The van der Waals surface area contributed by atoms with E-state index in [0.29, 0.717) is 5.92 Å². The molecule has 164 valence electrons. The maximum atomic E-state index is 13.2. The second-order valence-electron chi connectivity index (χ2n) is 8.70. The molecule has 2 aromatic carbocycles. The van der Waals surface area contributed by atoms with Crippen molar-refractivity contribution in [2.75, 3.05) is 0 Å². The van der Waals surface area contributed by atoms with Crippen LogP contribution in [-0.2, 0) is 32.3 Å². The Bertz CT molecular complexity index is 819. The van der Waals surface area contributed by atoms with Crippen LogP contribution in [0.15, 0.2) is 72.8 Å². The molecule has 2 aromatic rings. The molecule has 1 aliphatic rings. The van der Waals surface area contributed by atoms with Gasteiger partial charge in [-0.05, 0) is 48.6 Å². The normalized spacial score (nSPS) is 20.8. The van der Waals surface area contributed by atoms with Gasteiger partial charge in [-0.3, -0.25) is 9.59 Å². The van der Waals surface area contributed by atoms with E-state index >= 15 is 0 Å². The molecule has 1 saturated carbocycles. The van der Waals surface area contributed by atoms with Gasteiger partial charge in [0.25, 0.3) is 0 Å². The number of benzene rings is 2. The van der Waals surface area contributed by atoms with Crippen molar-refractivity contribution in [3.8, 4) is 0 Å². The standard InChI is InChI=1S/C27H32O4/c1-19(2)23-15-14-20(3)16-24(23)25(26(28)30-17-21-10-6-4-7-11-21)27(29)31-18-22-12-8-5-9-13-22/h4-13,20,23-25H,1,14-18H2,2-3H3/t20-,23+,24-/m0/s1. The fourth-order valence-electron chi connectivity index (χ4n) is 4.49. The van der Waals surface area contributed by atoms with Crippen LogP contribution in [-0.4, -0.2) is 11.9 Å². The summed E-state index contributed by atoms with van der Waals surface area (Å²) < 4.78 is 11.2. The van der Waals surface area contributed by atoms with E-state index in [9.17, 15) is 9.59 Å². The number of ether oxygens (including phenoxy) is 2. The minimum absolute atomic E-state index is 0.106. The lowest BCUT2D eigenvalue weighted by Crippen LogP contribution is -2.41. The van der Waals surface area contributed by atoms with Crippen molar-refractivity contribution in [1.82, 2.24) is 0 Å². The second kappa shape index (κ2) is 10.9. The summed E-state index contributed by atoms with van der Waals surface area (Å²) in [7, 11) is 0. The average Bonchev–Trinajstić information content (AvgIpc) is 2.78. The number of rotatable bonds is 8. The monoisotopic (exact) mass is 420 g/mol. The number of carbonyl (C=O) groups is 2. The summed E-state index contributed by atoms with van der Waals surface area (Å²) in [6, 6.07) is 19.0. The van der Waals surface area contributed by atoms with Gasteiger partial charge >= 0.3 is 11.9 Å². The summed E-state index contributed by atoms with van der Waals surface area (Å²) in [5.41, 5.74) is 2.79. The Morgan fingerprint density at radius 1 is 0.903 bits per heavy atom. The lowest BCUT2D eigenvalue weighted by atomic mass is 9.67. The summed E-state index contributed by atoms with van der Waals surface area (Å²) in [4.78, 5) is 26.4. The van der Waals surface area contributed by atoms with Crippen LogP contribution >= 0.6 is 0 Å². The molecule has 31 heavy (non-hydrogen) atoms. The minimum atomic E-state index is -0.947. The molecule has 1 aliphatic carbocycles. The number of allylic oxidation sites excluding steroid dienone is 1. The molecule has 0 amide bonds. The number of esters is 2. The number of hydrogen-bond acceptors (Lipinski definition) is 4. The molecule has 4 heteroatoms. The van der Waals surface area contributed by atoms with Crippen molar-refractivity contribution in [3.05, 3.63) is 83.9 Å². The van der Waals surface area contributed by atoms with Crippen molar-refractivity contribution in [1.29, 1.82) is 0 Å². The van der Waals surface area contributed by atoms with E-state index in [0.717, 1.165) is 36.0 Å². The van der Waals surface area contributed by atoms with Gasteiger partial charge in [0.2, 0.25) is 0 Å². The first-order valence-electron chi connectivity index (χ1n) is 11.0. The molecular weight excluding hydrogens is 388 g/mol. The van der Waals surface area contributed by atoms with Gasteiger partial charge in [-0.25, -0.2) is 0 Å². The molecule has 3 atom stereocenters. The van der Waals surface area contributed by atoms with Gasteiger partial charge in [0.1, 0.15) is 13.2 Å². The first-order valence-corrected chi connectivity index (χ1v) is 11.0. The summed E-state index contributed by atoms with van der Waals surface area (Å²) >= 11 is 0. The van der Waals surface area contributed by atoms with Crippen molar-refractivity contribution in [2.24, 2.45) is 23.7 Å². The lowest BCUT2D eigenvalue weighted by molar-refractivity contribution is -0.168. The summed E-state index contributed by atoms with van der Waals surface area (Å²) in [5.74, 6) is -1.58. The molecule has 0 heterocycles. The Balaban J connectivity index is 1.78. The van der Waals surface area contributed by atoms with E-state index in [-0.39, 0.29) is 25.0 Å². The SMILES string of the molecule is C=C(C)[C@H]1CC[C@H](C)C[C@@H]1C(C(=O)OCc1ccccc1)C(=O)OCc1ccccc1. The highest BCUT2D eigenvalue weighted by Gasteiger charge is 2.44. The highest BCUT2D eigenvalue weighted by atomic mass is 16.6.